The van der Waals surface area contributed by atoms with Crippen molar-refractivity contribution in [1.82, 2.24) is 9.55 Å². The van der Waals surface area contributed by atoms with Crippen molar-refractivity contribution >= 4 is 11.0 Å². The zero-order valence-corrected chi connectivity index (χ0v) is 9.79. The second-order valence-corrected chi connectivity index (χ2v) is 4.40. The number of hydrogen-bond donors (Lipinski definition) is 1. The fourth-order valence-corrected chi connectivity index (χ4v) is 1.84. The highest BCUT2D eigenvalue weighted by Gasteiger charge is 2.25. The van der Waals surface area contributed by atoms with Crippen LogP contribution in [0, 0.1) is 5.82 Å². The summed E-state index contributed by atoms with van der Waals surface area (Å²) in [4.78, 5) is 4.41. The largest absolute Gasteiger partial charge is 0.330 e. The molecular formula is C12H16FN3. The second-order valence-electron chi connectivity index (χ2n) is 4.40. The van der Waals surface area contributed by atoms with E-state index in [1.54, 1.807) is 6.07 Å². The molecule has 1 unspecified atom stereocenters. The van der Waals surface area contributed by atoms with Gasteiger partial charge < -0.3 is 10.3 Å². The molecule has 0 aliphatic carbocycles. The van der Waals surface area contributed by atoms with Gasteiger partial charge in [-0.25, -0.2) is 9.37 Å². The van der Waals surface area contributed by atoms with E-state index in [4.69, 9.17) is 5.73 Å². The van der Waals surface area contributed by atoms with Gasteiger partial charge in [-0.15, -0.1) is 0 Å². The molecule has 1 aromatic carbocycles. The molecule has 0 amide bonds. The van der Waals surface area contributed by atoms with Crippen molar-refractivity contribution in [2.45, 2.75) is 25.8 Å². The Balaban J connectivity index is 2.69. The smallest absolute Gasteiger partial charge is 0.129 e. The number of aryl methyl sites for hydroxylation is 1. The normalized spacial score (nSPS) is 15.3. The number of nitrogens with two attached hydrogens (primary N) is 1. The van der Waals surface area contributed by atoms with Crippen LogP contribution in [0.2, 0.25) is 0 Å². The number of halogens is 1. The molecule has 0 saturated heterocycles. The number of aromatic nitrogens is 2. The number of hydrogen-bond acceptors (Lipinski definition) is 2. The van der Waals surface area contributed by atoms with E-state index in [1.807, 2.05) is 25.5 Å². The summed E-state index contributed by atoms with van der Waals surface area (Å²) in [5.74, 6) is 0.517. The first kappa shape index (κ1) is 11.1. The third kappa shape index (κ3) is 1.59. The first-order chi connectivity index (χ1) is 7.45. The molecule has 0 fully saturated rings. The monoisotopic (exact) mass is 221 g/mol. The molecule has 1 aromatic heterocycles. The highest BCUT2D eigenvalue weighted by molar-refractivity contribution is 5.76. The highest BCUT2D eigenvalue weighted by atomic mass is 19.1. The topological polar surface area (TPSA) is 43.8 Å². The van der Waals surface area contributed by atoms with Crippen LogP contribution < -0.4 is 5.73 Å². The van der Waals surface area contributed by atoms with Crippen LogP contribution in [0.25, 0.3) is 11.0 Å². The van der Waals surface area contributed by atoms with Crippen molar-refractivity contribution in [3.63, 3.8) is 0 Å². The van der Waals surface area contributed by atoms with Gasteiger partial charge in [-0.1, -0.05) is 6.92 Å². The number of imidazole rings is 1. The van der Waals surface area contributed by atoms with Crippen LogP contribution in [0.4, 0.5) is 4.39 Å². The van der Waals surface area contributed by atoms with E-state index in [2.05, 4.69) is 4.98 Å². The Kier molecular flexibility index (Phi) is 2.46. The van der Waals surface area contributed by atoms with Crippen LogP contribution in [-0.2, 0) is 12.6 Å². The van der Waals surface area contributed by atoms with Crippen molar-refractivity contribution in [1.29, 1.82) is 0 Å². The lowest BCUT2D eigenvalue weighted by molar-refractivity contribution is 0.434. The van der Waals surface area contributed by atoms with Crippen LogP contribution in [0.1, 0.15) is 26.1 Å². The van der Waals surface area contributed by atoms with Gasteiger partial charge in [-0.2, -0.15) is 0 Å². The summed E-state index contributed by atoms with van der Waals surface area (Å²) < 4.78 is 15.0. The van der Waals surface area contributed by atoms with Gasteiger partial charge in [0.2, 0.25) is 0 Å². The molecule has 3 nitrogen and oxygen atoms in total. The van der Waals surface area contributed by atoms with E-state index in [-0.39, 0.29) is 5.82 Å². The number of nitrogens with zero attached hydrogens (tertiary/aromatic N) is 2. The SMILES string of the molecule is CCC(C)(N)c1nc2cc(F)ccc2n1C. The van der Waals surface area contributed by atoms with Gasteiger partial charge in [0.1, 0.15) is 11.6 Å². The average molecular weight is 221 g/mol. The minimum atomic E-state index is -0.482. The lowest BCUT2D eigenvalue weighted by Gasteiger charge is -2.21. The van der Waals surface area contributed by atoms with E-state index >= 15 is 0 Å². The van der Waals surface area contributed by atoms with Crippen molar-refractivity contribution in [2.24, 2.45) is 12.8 Å². The molecule has 0 radical (unpaired) electrons. The van der Waals surface area contributed by atoms with Gasteiger partial charge in [-0.3, -0.25) is 0 Å². The van der Waals surface area contributed by atoms with Gasteiger partial charge in [0.05, 0.1) is 16.6 Å². The highest BCUT2D eigenvalue weighted by Crippen LogP contribution is 2.24. The van der Waals surface area contributed by atoms with Crippen LogP contribution in [0.3, 0.4) is 0 Å². The quantitative estimate of drug-likeness (QED) is 0.845. The Morgan fingerprint density at radius 3 is 2.81 bits per heavy atom. The Morgan fingerprint density at radius 1 is 1.50 bits per heavy atom. The minimum Gasteiger partial charge on any atom is -0.330 e. The molecule has 16 heavy (non-hydrogen) atoms. The predicted molar refractivity (Wildman–Crippen MR) is 62.5 cm³/mol. The minimum absolute atomic E-state index is 0.271. The van der Waals surface area contributed by atoms with E-state index in [0.717, 1.165) is 17.8 Å². The number of fused-ring (bicyclic) bond motifs is 1. The Morgan fingerprint density at radius 2 is 2.19 bits per heavy atom. The molecule has 0 bridgehead atoms. The van der Waals surface area contributed by atoms with E-state index < -0.39 is 5.54 Å². The van der Waals surface area contributed by atoms with Gasteiger partial charge in [-0.05, 0) is 25.5 Å². The van der Waals surface area contributed by atoms with Gasteiger partial charge >= 0.3 is 0 Å². The maximum absolute atomic E-state index is 13.1. The molecule has 2 N–H and O–H groups in total. The maximum Gasteiger partial charge on any atom is 0.129 e. The van der Waals surface area contributed by atoms with Crippen LogP contribution >= 0.6 is 0 Å². The Labute approximate surface area is 94.1 Å². The Hall–Kier alpha value is -1.42. The van der Waals surface area contributed by atoms with Crippen molar-refractivity contribution in [2.75, 3.05) is 0 Å². The van der Waals surface area contributed by atoms with E-state index in [1.165, 1.54) is 12.1 Å². The van der Waals surface area contributed by atoms with E-state index in [0.29, 0.717) is 5.52 Å². The zero-order chi connectivity index (χ0) is 11.9. The number of rotatable bonds is 2. The fourth-order valence-electron chi connectivity index (χ4n) is 1.84. The predicted octanol–water partition coefficient (Wildman–Crippen LogP) is 2.30. The third-order valence-corrected chi connectivity index (χ3v) is 3.09. The van der Waals surface area contributed by atoms with Crippen LogP contribution in [0.15, 0.2) is 18.2 Å². The van der Waals surface area contributed by atoms with Gasteiger partial charge in [0.25, 0.3) is 0 Å². The molecular weight excluding hydrogens is 205 g/mol. The first-order valence-electron chi connectivity index (χ1n) is 5.37. The maximum atomic E-state index is 13.1. The first-order valence-corrected chi connectivity index (χ1v) is 5.37. The van der Waals surface area contributed by atoms with Crippen molar-refractivity contribution < 1.29 is 4.39 Å². The summed E-state index contributed by atoms with van der Waals surface area (Å²) in [7, 11) is 1.91. The summed E-state index contributed by atoms with van der Waals surface area (Å²) >= 11 is 0. The Bertz CT molecular complexity index is 528. The van der Waals surface area contributed by atoms with Crippen molar-refractivity contribution in [3.8, 4) is 0 Å². The summed E-state index contributed by atoms with van der Waals surface area (Å²) in [6, 6.07) is 4.60. The molecule has 86 valence electrons. The van der Waals surface area contributed by atoms with Crippen molar-refractivity contribution in [3.05, 3.63) is 29.8 Å². The van der Waals surface area contributed by atoms with Gasteiger partial charge in [0, 0.05) is 13.1 Å². The molecule has 0 aliphatic heterocycles. The lowest BCUT2D eigenvalue weighted by atomic mass is 10.00. The molecule has 2 aromatic rings. The molecule has 1 heterocycles. The van der Waals surface area contributed by atoms with Crippen LogP contribution in [0.5, 0.6) is 0 Å². The number of benzene rings is 1. The third-order valence-electron chi connectivity index (χ3n) is 3.09. The average Bonchev–Trinajstić information content (AvgIpc) is 2.56. The zero-order valence-electron chi connectivity index (χ0n) is 9.79. The van der Waals surface area contributed by atoms with E-state index in [9.17, 15) is 4.39 Å². The molecule has 0 aliphatic rings. The molecule has 1 atom stereocenters. The summed E-state index contributed by atoms with van der Waals surface area (Å²) in [6.07, 6.45) is 0.784. The molecule has 0 saturated carbocycles. The van der Waals surface area contributed by atoms with Gasteiger partial charge in [0.15, 0.2) is 0 Å². The molecule has 4 heteroatoms. The fraction of sp³-hybridized carbons (Fsp3) is 0.417. The standard InChI is InChI=1S/C12H16FN3/c1-4-12(2,14)11-15-9-7-8(13)5-6-10(9)16(11)3/h5-7H,4,14H2,1-3H3. The summed E-state index contributed by atoms with van der Waals surface area (Å²) in [6.45, 7) is 3.95. The van der Waals surface area contributed by atoms with Crippen LogP contribution in [-0.4, -0.2) is 9.55 Å². The second kappa shape index (κ2) is 3.56. The summed E-state index contributed by atoms with van der Waals surface area (Å²) in [5, 5.41) is 0. The summed E-state index contributed by atoms with van der Waals surface area (Å²) in [5.41, 5.74) is 7.24. The molecule has 2 rings (SSSR count). The lowest BCUT2D eigenvalue weighted by Crippen LogP contribution is -2.35. The molecule has 0 spiro atoms.